The molecule has 0 aromatic heterocycles. The Morgan fingerprint density at radius 1 is 0.821 bits per heavy atom. The Kier molecular flexibility index (Phi) is 17.6. The highest BCUT2D eigenvalue weighted by Crippen LogP contribution is 2.04. The van der Waals surface area contributed by atoms with Crippen molar-refractivity contribution >= 4 is 54.2 Å². The van der Waals surface area contributed by atoms with Gasteiger partial charge >= 0.3 is 11.9 Å². The van der Waals surface area contributed by atoms with Crippen molar-refractivity contribution in [2.24, 2.45) is 27.9 Å². The van der Waals surface area contributed by atoms with Gasteiger partial charge in [0.15, 0.2) is 5.96 Å². The summed E-state index contributed by atoms with van der Waals surface area (Å²) in [6, 6.07) is -5.14. The molecule has 0 bridgehead atoms. The van der Waals surface area contributed by atoms with Crippen LogP contribution in [0.3, 0.4) is 0 Å². The van der Waals surface area contributed by atoms with Crippen molar-refractivity contribution in [1.82, 2.24) is 21.3 Å². The van der Waals surface area contributed by atoms with E-state index in [-0.39, 0.29) is 31.1 Å². The van der Waals surface area contributed by atoms with E-state index in [0.717, 1.165) is 0 Å². The van der Waals surface area contributed by atoms with E-state index in [4.69, 9.17) is 28.0 Å². The molecule has 0 saturated carbocycles. The fraction of sp³-hybridized carbons (Fsp3) is 0.667. The van der Waals surface area contributed by atoms with Crippen molar-refractivity contribution in [3.63, 3.8) is 0 Å². The zero-order valence-corrected chi connectivity index (χ0v) is 22.3. The van der Waals surface area contributed by atoms with Crippen LogP contribution in [0.25, 0.3) is 0 Å². The van der Waals surface area contributed by atoms with Crippen LogP contribution in [0.5, 0.6) is 0 Å². The number of carbonyl (C=O) groups excluding carboxylic acids is 4. The topological polar surface area (TPSA) is 307 Å². The summed E-state index contributed by atoms with van der Waals surface area (Å²) >= 11 is 3.87. The molecule has 0 aliphatic rings. The van der Waals surface area contributed by atoms with Gasteiger partial charge in [0.2, 0.25) is 23.6 Å². The molecule has 0 saturated heterocycles. The predicted octanol–water partition coefficient (Wildman–Crippen LogP) is -4.44. The number of carbonyl (C=O) groups is 6. The number of carboxylic acid groups (broad SMARTS) is 2. The highest BCUT2D eigenvalue weighted by Gasteiger charge is 2.30. The number of hydrogen-bond acceptors (Lipinski definition) is 10. The number of rotatable bonds is 20. The number of aliphatic imine (C=N–C) groups is 1. The lowest BCUT2D eigenvalue weighted by molar-refractivity contribution is -0.142. The van der Waals surface area contributed by atoms with Crippen molar-refractivity contribution in [2.45, 2.75) is 62.7 Å². The molecule has 0 heterocycles. The number of thiol groups is 1. The van der Waals surface area contributed by atoms with E-state index < -0.39 is 72.7 Å². The van der Waals surface area contributed by atoms with Gasteiger partial charge in [-0.2, -0.15) is 12.6 Å². The number of unbranched alkanes of at least 4 members (excludes halogenated alkanes) is 1. The molecule has 222 valence electrons. The van der Waals surface area contributed by atoms with Crippen molar-refractivity contribution in [2.75, 3.05) is 25.4 Å². The summed E-state index contributed by atoms with van der Waals surface area (Å²) in [7, 11) is 0. The minimum absolute atomic E-state index is 0.0680. The maximum atomic E-state index is 12.8. The Hall–Kier alpha value is -3.64. The Bertz CT molecular complexity index is 885. The fourth-order valence-electron chi connectivity index (χ4n) is 3.07. The molecule has 14 N–H and O–H groups in total. The summed E-state index contributed by atoms with van der Waals surface area (Å²) < 4.78 is 0. The molecule has 4 atom stereocenters. The van der Waals surface area contributed by atoms with E-state index in [9.17, 15) is 33.9 Å². The normalized spacial score (nSPS) is 13.6. The zero-order valence-electron chi connectivity index (χ0n) is 21.4. The third-order valence-corrected chi connectivity index (χ3v) is 5.50. The van der Waals surface area contributed by atoms with E-state index in [1.165, 1.54) is 0 Å². The molecule has 4 amide bonds. The average Bonchev–Trinajstić information content (AvgIpc) is 2.86. The molecule has 18 heteroatoms. The fourth-order valence-corrected chi connectivity index (χ4v) is 3.32. The first-order valence-electron chi connectivity index (χ1n) is 12.1. The van der Waals surface area contributed by atoms with Crippen LogP contribution in [-0.4, -0.2) is 101 Å². The van der Waals surface area contributed by atoms with Gasteiger partial charge in [0.25, 0.3) is 0 Å². The van der Waals surface area contributed by atoms with Gasteiger partial charge < -0.3 is 54.4 Å². The Morgan fingerprint density at radius 3 is 1.97 bits per heavy atom. The Morgan fingerprint density at radius 2 is 1.44 bits per heavy atom. The van der Waals surface area contributed by atoms with Gasteiger partial charge in [0.05, 0.1) is 19.0 Å². The van der Waals surface area contributed by atoms with Gasteiger partial charge in [0, 0.05) is 12.3 Å². The van der Waals surface area contributed by atoms with Gasteiger partial charge in [-0.1, -0.05) is 0 Å². The van der Waals surface area contributed by atoms with Crippen LogP contribution in [0.2, 0.25) is 0 Å². The molecule has 0 radical (unpaired) electrons. The van der Waals surface area contributed by atoms with Crippen LogP contribution < -0.4 is 44.2 Å². The SMILES string of the molecule is NCCCC[C@H](NC(=O)[C@H](CC(=O)O)NC(=O)CNC(=O)[C@@H](N)CCCN=C(N)N)C(=O)N[C@@H](CS)C(=O)O. The lowest BCUT2D eigenvalue weighted by Crippen LogP contribution is -2.57. The van der Waals surface area contributed by atoms with Crippen LogP contribution in [-0.2, 0) is 28.8 Å². The summed E-state index contributed by atoms with van der Waals surface area (Å²) in [5.41, 5.74) is 21.6. The van der Waals surface area contributed by atoms with Crippen molar-refractivity contribution < 1.29 is 39.0 Å². The smallest absolute Gasteiger partial charge is 0.327 e. The van der Waals surface area contributed by atoms with Gasteiger partial charge in [-0.25, -0.2) is 4.79 Å². The first kappa shape index (κ1) is 35.4. The monoisotopic (exact) mass is 577 g/mol. The average molecular weight is 578 g/mol. The minimum Gasteiger partial charge on any atom is -0.481 e. The largest absolute Gasteiger partial charge is 0.481 e. The number of nitrogens with two attached hydrogens (primary N) is 4. The first-order valence-corrected chi connectivity index (χ1v) is 12.7. The van der Waals surface area contributed by atoms with Crippen LogP contribution in [0.1, 0.15) is 38.5 Å². The second kappa shape index (κ2) is 19.4. The van der Waals surface area contributed by atoms with Gasteiger partial charge in [-0.3, -0.25) is 29.0 Å². The number of aliphatic carboxylic acids is 2. The number of nitrogens with zero attached hydrogens (tertiary/aromatic N) is 1. The first-order chi connectivity index (χ1) is 18.3. The number of guanidine groups is 1. The molecule has 0 aliphatic heterocycles. The number of carboxylic acids is 2. The molecule has 0 rings (SSSR count). The predicted molar refractivity (Wildman–Crippen MR) is 143 cm³/mol. The van der Waals surface area contributed by atoms with Crippen LogP contribution in [0, 0.1) is 0 Å². The van der Waals surface area contributed by atoms with Crippen LogP contribution >= 0.6 is 12.6 Å². The lowest BCUT2D eigenvalue weighted by atomic mass is 10.1. The van der Waals surface area contributed by atoms with Crippen molar-refractivity contribution in [3.8, 4) is 0 Å². The van der Waals surface area contributed by atoms with E-state index >= 15 is 0 Å². The van der Waals surface area contributed by atoms with Crippen molar-refractivity contribution in [1.29, 1.82) is 0 Å². The molecule has 0 unspecified atom stereocenters. The summed E-state index contributed by atoms with van der Waals surface area (Å²) in [4.78, 5) is 76.2. The highest BCUT2D eigenvalue weighted by atomic mass is 32.1. The summed E-state index contributed by atoms with van der Waals surface area (Å²) in [5, 5.41) is 27.4. The third kappa shape index (κ3) is 16.0. The van der Waals surface area contributed by atoms with Gasteiger partial charge in [0.1, 0.15) is 18.1 Å². The Labute approximate surface area is 230 Å². The van der Waals surface area contributed by atoms with E-state index in [1.807, 2.05) is 0 Å². The molecule has 39 heavy (non-hydrogen) atoms. The maximum absolute atomic E-state index is 12.8. The highest BCUT2D eigenvalue weighted by molar-refractivity contribution is 7.80. The number of hydrogen-bond donors (Lipinski definition) is 11. The van der Waals surface area contributed by atoms with Crippen molar-refractivity contribution in [3.05, 3.63) is 0 Å². The van der Waals surface area contributed by atoms with E-state index in [1.54, 1.807) is 0 Å². The summed E-state index contributed by atoms with van der Waals surface area (Å²) in [6.07, 6.45) is 0.750. The summed E-state index contributed by atoms with van der Waals surface area (Å²) in [5.74, 6) is -6.46. The van der Waals surface area contributed by atoms with Gasteiger partial charge in [-0.15, -0.1) is 0 Å². The molecule has 0 fully saturated rings. The van der Waals surface area contributed by atoms with E-state index in [2.05, 4.69) is 38.9 Å². The standard InChI is InChI=1S/C21H39N9O8S/c22-6-2-1-5-12(18(35)30-14(10-39)20(37)38)29-19(36)13(8-16(32)33)28-15(31)9-27-17(34)11(23)4-3-7-26-21(24)25/h11-14,39H,1-10,22-23H2,(H,27,34)(H,28,31)(H,29,36)(H,30,35)(H,32,33)(H,37,38)(H4,24,25,26)/t11-,12-,13-,14-/m0/s1. The Balaban J connectivity index is 5.20. The molecule has 0 aromatic rings. The maximum Gasteiger partial charge on any atom is 0.327 e. The molecule has 0 spiro atoms. The molecule has 0 aliphatic carbocycles. The van der Waals surface area contributed by atoms with Gasteiger partial charge in [-0.05, 0) is 38.6 Å². The lowest BCUT2D eigenvalue weighted by Gasteiger charge is -2.24. The second-order valence-electron chi connectivity index (χ2n) is 8.42. The summed E-state index contributed by atoms with van der Waals surface area (Å²) in [6.45, 7) is -0.0425. The molecule has 17 nitrogen and oxygen atoms in total. The number of amides is 4. The quantitative estimate of drug-likeness (QED) is 0.0282. The zero-order chi connectivity index (χ0) is 30.0. The second-order valence-corrected chi connectivity index (χ2v) is 8.78. The number of nitrogens with one attached hydrogen (secondary N) is 4. The van der Waals surface area contributed by atoms with E-state index in [0.29, 0.717) is 25.8 Å². The van der Waals surface area contributed by atoms with Crippen LogP contribution in [0.15, 0.2) is 4.99 Å². The van der Waals surface area contributed by atoms with Crippen LogP contribution in [0.4, 0.5) is 0 Å². The molecular weight excluding hydrogens is 538 g/mol. The molecular formula is C21H39N9O8S. The minimum atomic E-state index is -1.61. The molecule has 0 aromatic carbocycles. The third-order valence-electron chi connectivity index (χ3n) is 5.14.